The summed E-state index contributed by atoms with van der Waals surface area (Å²) in [5.41, 5.74) is 5.15. The van der Waals surface area contributed by atoms with Gasteiger partial charge in [-0.15, -0.1) is 0 Å². The number of nitrogens with one attached hydrogen (secondary N) is 1. The Labute approximate surface area is 210 Å². The van der Waals surface area contributed by atoms with E-state index in [1.807, 2.05) is 12.4 Å². The first-order valence-electron chi connectivity index (χ1n) is 12.9. The Kier molecular flexibility index (Phi) is 6.91. The zero-order valence-electron chi connectivity index (χ0n) is 20.4. The highest BCUT2D eigenvalue weighted by molar-refractivity contribution is 5.85. The van der Waals surface area contributed by atoms with Crippen molar-refractivity contribution in [1.29, 1.82) is 0 Å². The lowest BCUT2D eigenvalue weighted by molar-refractivity contribution is 0.122. The predicted molar refractivity (Wildman–Crippen MR) is 138 cm³/mol. The molecule has 0 bridgehead atoms. The summed E-state index contributed by atoms with van der Waals surface area (Å²) in [5, 5.41) is 3.51. The second kappa shape index (κ2) is 10.8. The maximum atomic E-state index is 6.55. The molecule has 9 heteroatoms. The molecule has 1 aliphatic carbocycles. The SMILES string of the molecule is C1=C(c2cnc(N[C@H]3CC[C@@H](Oc4cc(N5CCOCC5)cc5nccnc45)CC3)nc2)CCOC1. The molecule has 0 amide bonds. The van der Waals surface area contributed by atoms with Crippen LogP contribution in [0.4, 0.5) is 11.6 Å². The van der Waals surface area contributed by atoms with Gasteiger partial charge >= 0.3 is 0 Å². The van der Waals surface area contributed by atoms with E-state index in [0.717, 1.165) is 93.0 Å². The van der Waals surface area contributed by atoms with Gasteiger partial charge in [0, 0.05) is 61.2 Å². The number of benzene rings is 1. The number of rotatable bonds is 6. The quantitative estimate of drug-likeness (QED) is 0.555. The van der Waals surface area contributed by atoms with E-state index in [2.05, 4.69) is 48.4 Å². The molecule has 0 atom stereocenters. The third-order valence-electron chi connectivity index (χ3n) is 7.19. The van der Waals surface area contributed by atoms with Crippen LogP contribution >= 0.6 is 0 Å². The van der Waals surface area contributed by atoms with Crippen LogP contribution in [0.25, 0.3) is 16.6 Å². The Bertz CT molecular complexity index is 1200. The first-order valence-corrected chi connectivity index (χ1v) is 12.9. The molecule has 1 saturated heterocycles. The summed E-state index contributed by atoms with van der Waals surface area (Å²) >= 11 is 0. The monoisotopic (exact) mass is 488 g/mol. The molecular formula is C27H32N6O3. The molecule has 3 aromatic rings. The number of aromatic nitrogens is 4. The van der Waals surface area contributed by atoms with Crippen molar-refractivity contribution in [2.45, 2.75) is 44.2 Å². The number of morpholine rings is 1. The van der Waals surface area contributed by atoms with Gasteiger partial charge < -0.3 is 24.4 Å². The van der Waals surface area contributed by atoms with Gasteiger partial charge in [0.25, 0.3) is 0 Å². The second-order valence-electron chi connectivity index (χ2n) is 9.55. The average Bonchev–Trinajstić information content (AvgIpc) is 2.95. The lowest BCUT2D eigenvalue weighted by Gasteiger charge is -2.31. The summed E-state index contributed by atoms with van der Waals surface area (Å²) in [7, 11) is 0. The molecule has 4 heterocycles. The Morgan fingerprint density at radius 3 is 2.47 bits per heavy atom. The number of anilines is 2. The topological polar surface area (TPSA) is 94.5 Å². The summed E-state index contributed by atoms with van der Waals surface area (Å²) in [4.78, 5) is 20.6. The summed E-state index contributed by atoms with van der Waals surface area (Å²) in [6, 6.07) is 4.57. The van der Waals surface area contributed by atoms with Gasteiger partial charge in [-0.2, -0.15) is 0 Å². The van der Waals surface area contributed by atoms with Gasteiger partial charge in [-0.1, -0.05) is 6.08 Å². The standard InChI is InChI=1S/C27H32N6O3/c1-3-23(4-2-21(1)32-27-30-17-20(18-31-27)19-5-11-34-12-6-19)36-25-16-22(33-9-13-35-14-10-33)15-24-26(25)29-8-7-28-24/h5,7-8,15-18,21,23H,1-4,6,9-14H2,(H,30,31,32)/t21-,23+. The molecule has 1 aromatic carbocycles. The van der Waals surface area contributed by atoms with Crippen LogP contribution in [-0.2, 0) is 9.47 Å². The average molecular weight is 489 g/mol. The van der Waals surface area contributed by atoms with Crippen molar-refractivity contribution in [3.05, 3.63) is 48.6 Å². The van der Waals surface area contributed by atoms with E-state index in [0.29, 0.717) is 18.6 Å². The van der Waals surface area contributed by atoms with Crippen LogP contribution in [0.2, 0.25) is 0 Å². The number of hydrogen-bond donors (Lipinski definition) is 1. The molecule has 188 valence electrons. The predicted octanol–water partition coefficient (Wildman–Crippen LogP) is 3.86. The maximum Gasteiger partial charge on any atom is 0.222 e. The van der Waals surface area contributed by atoms with Crippen LogP contribution in [0.3, 0.4) is 0 Å². The van der Waals surface area contributed by atoms with E-state index in [4.69, 9.17) is 14.2 Å². The van der Waals surface area contributed by atoms with Crippen molar-refractivity contribution in [3.8, 4) is 5.75 Å². The van der Waals surface area contributed by atoms with Crippen LogP contribution in [0, 0.1) is 0 Å². The van der Waals surface area contributed by atoms with E-state index in [9.17, 15) is 0 Å². The van der Waals surface area contributed by atoms with E-state index >= 15 is 0 Å². The smallest absolute Gasteiger partial charge is 0.222 e. The Balaban J connectivity index is 1.08. The molecule has 0 spiro atoms. The van der Waals surface area contributed by atoms with E-state index in [-0.39, 0.29) is 6.10 Å². The minimum atomic E-state index is 0.150. The third kappa shape index (κ3) is 5.27. The van der Waals surface area contributed by atoms with Crippen LogP contribution < -0.4 is 15.0 Å². The van der Waals surface area contributed by atoms with Crippen molar-refractivity contribution < 1.29 is 14.2 Å². The maximum absolute atomic E-state index is 6.55. The van der Waals surface area contributed by atoms with Crippen molar-refractivity contribution in [2.75, 3.05) is 49.7 Å². The number of nitrogens with zero attached hydrogens (tertiary/aromatic N) is 5. The van der Waals surface area contributed by atoms with E-state index in [1.54, 1.807) is 12.4 Å². The fraction of sp³-hybridized carbons (Fsp3) is 0.481. The van der Waals surface area contributed by atoms with Crippen LogP contribution in [0.5, 0.6) is 5.75 Å². The highest BCUT2D eigenvalue weighted by atomic mass is 16.5. The van der Waals surface area contributed by atoms with Crippen molar-refractivity contribution in [1.82, 2.24) is 19.9 Å². The minimum absolute atomic E-state index is 0.150. The first-order chi connectivity index (χ1) is 17.8. The minimum Gasteiger partial charge on any atom is -0.488 e. The Hall–Kier alpha value is -3.30. The summed E-state index contributed by atoms with van der Waals surface area (Å²) in [6.45, 7) is 4.65. The van der Waals surface area contributed by atoms with Crippen LogP contribution in [0.1, 0.15) is 37.7 Å². The third-order valence-corrected chi connectivity index (χ3v) is 7.19. The zero-order chi connectivity index (χ0) is 24.2. The van der Waals surface area contributed by atoms with Gasteiger partial charge in [-0.3, -0.25) is 4.98 Å². The molecule has 1 N–H and O–H groups in total. The van der Waals surface area contributed by atoms with E-state index < -0.39 is 0 Å². The molecule has 1 saturated carbocycles. The second-order valence-corrected chi connectivity index (χ2v) is 9.55. The molecule has 2 aromatic heterocycles. The van der Waals surface area contributed by atoms with Gasteiger partial charge in [-0.25, -0.2) is 15.0 Å². The van der Waals surface area contributed by atoms with Gasteiger partial charge in [0.15, 0.2) is 0 Å². The first kappa shape index (κ1) is 23.1. The fourth-order valence-corrected chi connectivity index (χ4v) is 5.17. The largest absolute Gasteiger partial charge is 0.488 e. The fourth-order valence-electron chi connectivity index (χ4n) is 5.17. The summed E-state index contributed by atoms with van der Waals surface area (Å²) < 4.78 is 17.5. The number of fused-ring (bicyclic) bond motifs is 1. The van der Waals surface area contributed by atoms with Crippen molar-refractivity contribution in [2.24, 2.45) is 0 Å². The number of ether oxygens (including phenoxy) is 3. The Morgan fingerprint density at radius 2 is 1.69 bits per heavy atom. The molecule has 2 aliphatic heterocycles. The lowest BCUT2D eigenvalue weighted by Crippen LogP contribution is -2.36. The Morgan fingerprint density at radius 1 is 0.889 bits per heavy atom. The molecule has 2 fully saturated rings. The molecule has 9 nitrogen and oxygen atoms in total. The van der Waals surface area contributed by atoms with Crippen LogP contribution in [-0.4, -0.2) is 71.6 Å². The highest BCUT2D eigenvalue weighted by Crippen LogP contribution is 2.33. The molecule has 0 unspecified atom stereocenters. The normalized spacial score (nSPS) is 22.8. The highest BCUT2D eigenvalue weighted by Gasteiger charge is 2.25. The zero-order valence-corrected chi connectivity index (χ0v) is 20.4. The van der Waals surface area contributed by atoms with Gasteiger partial charge in [0.2, 0.25) is 5.95 Å². The van der Waals surface area contributed by atoms with E-state index in [1.165, 1.54) is 5.57 Å². The summed E-state index contributed by atoms with van der Waals surface area (Å²) in [6.07, 6.45) is 14.4. The number of hydrogen-bond acceptors (Lipinski definition) is 9. The molecular weight excluding hydrogens is 456 g/mol. The molecule has 6 rings (SSSR count). The molecule has 3 aliphatic rings. The molecule has 0 radical (unpaired) electrons. The van der Waals surface area contributed by atoms with Crippen molar-refractivity contribution in [3.63, 3.8) is 0 Å². The lowest BCUT2D eigenvalue weighted by atomic mass is 9.93. The van der Waals surface area contributed by atoms with Crippen LogP contribution in [0.15, 0.2) is 43.0 Å². The van der Waals surface area contributed by atoms with Gasteiger partial charge in [0.05, 0.1) is 38.0 Å². The van der Waals surface area contributed by atoms with Gasteiger partial charge in [-0.05, 0) is 43.7 Å². The van der Waals surface area contributed by atoms with Crippen molar-refractivity contribution >= 4 is 28.2 Å². The molecule has 36 heavy (non-hydrogen) atoms. The van der Waals surface area contributed by atoms with Gasteiger partial charge in [0.1, 0.15) is 11.3 Å². The summed E-state index contributed by atoms with van der Waals surface area (Å²) in [5.74, 6) is 1.51.